The Morgan fingerprint density at radius 2 is 2.00 bits per heavy atom. The molecule has 0 unspecified atom stereocenters. The summed E-state index contributed by atoms with van der Waals surface area (Å²) in [4.78, 5) is 4.68. The Morgan fingerprint density at radius 1 is 1.24 bits per heavy atom. The number of nitrogens with zero attached hydrogens (tertiary/aromatic N) is 1. The third kappa shape index (κ3) is 5.14. The van der Waals surface area contributed by atoms with Crippen molar-refractivity contribution >= 4 is 11.3 Å². The van der Waals surface area contributed by atoms with E-state index in [0.29, 0.717) is 5.92 Å². The van der Waals surface area contributed by atoms with Gasteiger partial charge in [0.15, 0.2) is 0 Å². The van der Waals surface area contributed by atoms with E-state index in [0.717, 1.165) is 48.1 Å². The first-order valence-corrected chi connectivity index (χ1v) is 8.45. The molecule has 21 heavy (non-hydrogen) atoms. The lowest BCUT2D eigenvalue weighted by Gasteiger charge is -2.05. The van der Waals surface area contributed by atoms with Crippen LogP contribution < -0.4 is 10.1 Å². The minimum atomic E-state index is 0.667. The van der Waals surface area contributed by atoms with Crippen molar-refractivity contribution in [3.05, 3.63) is 34.7 Å². The Balaban J connectivity index is 1.94. The first kappa shape index (κ1) is 16.0. The van der Waals surface area contributed by atoms with Gasteiger partial charge in [-0.05, 0) is 43.1 Å². The second-order valence-corrected chi connectivity index (χ2v) is 6.47. The van der Waals surface area contributed by atoms with Gasteiger partial charge < -0.3 is 10.1 Å². The third-order valence-electron chi connectivity index (χ3n) is 3.00. The van der Waals surface area contributed by atoms with Gasteiger partial charge in [-0.15, -0.1) is 11.3 Å². The zero-order valence-corrected chi connectivity index (χ0v) is 13.9. The maximum atomic E-state index is 5.60. The van der Waals surface area contributed by atoms with Crippen LogP contribution in [0.15, 0.2) is 29.6 Å². The van der Waals surface area contributed by atoms with Crippen LogP contribution in [0.3, 0.4) is 0 Å². The van der Waals surface area contributed by atoms with Gasteiger partial charge in [-0.1, -0.05) is 20.8 Å². The highest BCUT2D eigenvalue weighted by molar-refractivity contribution is 7.09. The van der Waals surface area contributed by atoms with Crippen molar-refractivity contribution in [3.8, 4) is 17.0 Å². The fraction of sp³-hybridized carbons (Fsp3) is 0.471. The highest BCUT2D eigenvalue weighted by atomic mass is 32.1. The molecule has 3 nitrogen and oxygen atoms in total. The summed E-state index contributed by atoms with van der Waals surface area (Å²) in [6.07, 6.45) is 1.03. The quantitative estimate of drug-likeness (QED) is 0.787. The van der Waals surface area contributed by atoms with Crippen molar-refractivity contribution < 1.29 is 4.74 Å². The predicted molar refractivity (Wildman–Crippen MR) is 89.9 cm³/mol. The van der Waals surface area contributed by atoms with Crippen molar-refractivity contribution in [1.82, 2.24) is 10.3 Å². The molecular weight excluding hydrogens is 280 g/mol. The van der Waals surface area contributed by atoms with Gasteiger partial charge in [0.2, 0.25) is 0 Å². The first-order valence-electron chi connectivity index (χ1n) is 7.57. The summed E-state index contributed by atoms with van der Waals surface area (Å²) in [5.74, 6) is 1.59. The zero-order valence-electron chi connectivity index (χ0n) is 13.1. The summed E-state index contributed by atoms with van der Waals surface area (Å²) >= 11 is 1.71. The lowest BCUT2D eigenvalue weighted by molar-refractivity contribution is 0.317. The average Bonchev–Trinajstić information content (AvgIpc) is 2.94. The molecule has 0 aliphatic heterocycles. The Kier molecular flexibility index (Phi) is 6.21. The summed E-state index contributed by atoms with van der Waals surface area (Å²) in [6.45, 7) is 9.17. The molecule has 0 aliphatic rings. The molecule has 1 aromatic heterocycles. The van der Waals surface area contributed by atoms with Crippen molar-refractivity contribution in [2.75, 3.05) is 13.2 Å². The normalized spacial score (nSPS) is 11.0. The molecule has 4 heteroatoms. The number of hydrogen-bond donors (Lipinski definition) is 1. The monoisotopic (exact) mass is 304 g/mol. The van der Waals surface area contributed by atoms with Crippen molar-refractivity contribution in [2.45, 2.75) is 33.7 Å². The van der Waals surface area contributed by atoms with Crippen LogP contribution in [-0.4, -0.2) is 18.1 Å². The average molecular weight is 304 g/mol. The van der Waals surface area contributed by atoms with Crippen molar-refractivity contribution in [2.24, 2.45) is 5.92 Å². The Labute approximate surface area is 131 Å². The van der Waals surface area contributed by atoms with E-state index in [1.54, 1.807) is 11.3 Å². The molecular formula is C17H24N2OS. The molecule has 2 rings (SSSR count). The van der Waals surface area contributed by atoms with Gasteiger partial charge in [-0.2, -0.15) is 0 Å². The molecule has 0 aliphatic carbocycles. The fourth-order valence-electron chi connectivity index (χ4n) is 1.93. The van der Waals surface area contributed by atoms with Crippen LogP contribution in [0.5, 0.6) is 5.75 Å². The van der Waals surface area contributed by atoms with Crippen LogP contribution in [0.2, 0.25) is 0 Å². The van der Waals surface area contributed by atoms with Gasteiger partial charge in [0.05, 0.1) is 12.3 Å². The predicted octanol–water partition coefficient (Wildman–Crippen LogP) is 4.34. The summed E-state index contributed by atoms with van der Waals surface area (Å²) in [5.41, 5.74) is 2.19. The van der Waals surface area contributed by atoms with Gasteiger partial charge in [-0.25, -0.2) is 4.98 Å². The number of rotatable bonds is 8. The molecule has 0 atom stereocenters. The van der Waals surface area contributed by atoms with E-state index in [9.17, 15) is 0 Å². The zero-order chi connectivity index (χ0) is 15.1. The minimum absolute atomic E-state index is 0.667. The van der Waals surface area contributed by atoms with Crippen LogP contribution in [0.1, 0.15) is 32.2 Å². The molecule has 0 spiro atoms. The van der Waals surface area contributed by atoms with E-state index in [1.807, 2.05) is 12.1 Å². The van der Waals surface area contributed by atoms with E-state index >= 15 is 0 Å². The molecule has 0 bridgehead atoms. The number of nitrogens with one attached hydrogen (secondary N) is 1. The molecule has 1 heterocycles. The number of hydrogen-bond acceptors (Lipinski definition) is 4. The summed E-state index contributed by atoms with van der Waals surface area (Å²) < 4.78 is 5.60. The number of thiazole rings is 1. The first-order chi connectivity index (χ1) is 10.2. The Hall–Kier alpha value is -1.39. The van der Waals surface area contributed by atoms with Crippen molar-refractivity contribution in [1.29, 1.82) is 0 Å². The summed E-state index contributed by atoms with van der Waals surface area (Å²) in [7, 11) is 0. The maximum Gasteiger partial charge on any atom is 0.119 e. The Bertz CT molecular complexity index is 534. The number of aromatic nitrogens is 1. The third-order valence-corrected chi connectivity index (χ3v) is 3.85. The van der Waals surface area contributed by atoms with E-state index in [-0.39, 0.29) is 0 Å². The lowest BCUT2D eigenvalue weighted by atomic mass is 10.2. The van der Waals surface area contributed by atoms with E-state index in [2.05, 4.69) is 48.6 Å². The van der Waals surface area contributed by atoms with Crippen LogP contribution in [0.25, 0.3) is 11.3 Å². The molecule has 2 aromatic rings. The second kappa shape index (κ2) is 8.15. The smallest absolute Gasteiger partial charge is 0.119 e. The van der Waals surface area contributed by atoms with Crippen LogP contribution in [-0.2, 0) is 6.54 Å². The molecule has 1 N–H and O–H groups in total. The van der Waals surface area contributed by atoms with E-state index < -0.39 is 0 Å². The molecule has 0 radical (unpaired) electrons. The van der Waals surface area contributed by atoms with Crippen LogP contribution >= 0.6 is 11.3 Å². The highest BCUT2D eigenvalue weighted by Crippen LogP contribution is 2.24. The van der Waals surface area contributed by atoms with Crippen LogP contribution in [0.4, 0.5) is 0 Å². The van der Waals surface area contributed by atoms with Gasteiger partial charge in [0.1, 0.15) is 10.8 Å². The largest absolute Gasteiger partial charge is 0.494 e. The lowest BCUT2D eigenvalue weighted by Crippen LogP contribution is -2.18. The van der Waals surface area contributed by atoms with Gasteiger partial charge in [0.25, 0.3) is 0 Å². The molecule has 1 aromatic carbocycles. The number of benzene rings is 1. The molecule has 0 saturated carbocycles. The molecule has 0 fully saturated rings. The Morgan fingerprint density at radius 3 is 2.67 bits per heavy atom. The highest BCUT2D eigenvalue weighted by Gasteiger charge is 2.05. The summed E-state index contributed by atoms with van der Waals surface area (Å²) in [5, 5.41) is 6.68. The molecule has 114 valence electrons. The standard InChI is InChI=1S/C17H24N2OS/c1-4-9-20-15-7-5-14(6-8-15)16-12-21-17(19-16)11-18-10-13(2)3/h5-8,12-13,18H,4,9-11H2,1-3H3. The summed E-state index contributed by atoms with van der Waals surface area (Å²) in [6, 6.07) is 8.18. The van der Waals surface area contributed by atoms with Gasteiger partial charge in [-0.3, -0.25) is 0 Å². The van der Waals surface area contributed by atoms with E-state index in [4.69, 9.17) is 4.74 Å². The topological polar surface area (TPSA) is 34.1 Å². The van der Waals surface area contributed by atoms with Gasteiger partial charge >= 0.3 is 0 Å². The molecule has 0 saturated heterocycles. The fourth-order valence-corrected chi connectivity index (χ4v) is 2.71. The molecule has 0 amide bonds. The number of ether oxygens (including phenoxy) is 1. The van der Waals surface area contributed by atoms with Gasteiger partial charge in [0, 0.05) is 17.5 Å². The second-order valence-electron chi connectivity index (χ2n) is 5.52. The SMILES string of the molecule is CCCOc1ccc(-c2csc(CNCC(C)C)n2)cc1. The van der Waals surface area contributed by atoms with E-state index in [1.165, 1.54) is 0 Å². The minimum Gasteiger partial charge on any atom is -0.494 e. The van der Waals surface area contributed by atoms with Crippen molar-refractivity contribution in [3.63, 3.8) is 0 Å². The maximum absolute atomic E-state index is 5.60. The van der Waals surface area contributed by atoms with Crippen LogP contribution in [0, 0.1) is 5.92 Å².